The molecule has 0 amide bonds. The smallest absolute Gasteiger partial charge is 0.334 e. The van der Waals surface area contributed by atoms with Gasteiger partial charge < -0.3 is 4.74 Å². The second-order valence-electron chi connectivity index (χ2n) is 8.35. The molecule has 0 unspecified atom stereocenters. The van der Waals surface area contributed by atoms with Gasteiger partial charge in [-0.2, -0.15) is 8.78 Å². The normalized spacial score (nSPS) is 17.2. The molecule has 0 saturated carbocycles. The zero-order valence-corrected chi connectivity index (χ0v) is 21.8. The molecule has 3 aromatic rings. The van der Waals surface area contributed by atoms with E-state index in [1.807, 2.05) is 20.8 Å². The summed E-state index contributed by atoms with van der Waals surface area (Å²) < 4.78 is 69.8. The summed E-state index contributed by atoms with van der Waals surface area (Å²) in [7, 11) is 1.50. The lowest BCUT2D eigenvalue weighted by molar-refractivity contribution is -0.0240. The monoisotopic (exact) mass is 536 g/mol. The molecule has 0 spiro atoms. The number of aliphatic imine (C=N–C) groups is 1. The molecule has 1 aromatic heterocycles. The number of benzene rings is 2. The van der Waals surface area contributed by atoms with Crippen molar-refractivity contribution >= 4 is 17.8 Å². The number of rotatable bonds is 6. The molecule has 0 aliphatic carbocycles. The van der Waals surface area contributed by atoms with Crippen LogP contribution in [0.3, 0.4) is 0 Å². The molecule has 0 saturated heterocycles. The fourth-order valence-corrected chi connectivity index (χ4v) is 5.23. The molecule has 1 atom stereocenters. The van der Waals surface area contributed by atoms with Gasteiger partial charge in [-0.1, -0.05) is 44.9 Å². The molecule has 5 rings (SSSR count). The topological polar surface area (TPSA) is 60.6 Å². The standard InChI is InChI=1S/C24H22F4N4O2S.C2H6/c1-3-35-30-18-10-31-19(24(18,27)28)11-32(23(31)33)22-20-14(9-29-22)7-13(12-34-2)8-15(20)21-16(25)5-4-6-17(21)26;1-2/h4-8,11,18,30H,3,9-10,12H2,1-2H3;1-2H3/t18-;/m1./s1. The van der Waals surface area contributed by atoms with Gasteiger partial charge in [0.2, 0.25) is 0 Å². The number of fused-ring (bicyclic) bond motifs is 2. The number of alkyl halides is 2. The van der Waals surface area contributed by atoms with E-state index in [9.17, 15) is 13.6 Å². The second kappa shape index (κ2) is 10.8. The minimum Gasteiger partial charge on any atom is -0.380 e. The van der Waals surface area contributed by atoms with Gasteiger partial charge in [0, 0.05) is 24.6 Å². The van der Waals surface area contributed by atoms with Crippen molar-refractivity contribution in [2.24, 2.45) is 4.99 Å². The van der Waals surface area contributed by atoms with Crippen molar-refractivity contribution < 1.29 is 22.3 Å². The fourth-order valence-electron chi connectivity index (χ4n) is 4.64. The summed E-state index contributed by atoms with van der Waals surface area (Å²) in [6.07, 6.45) is 1.08. The maximum atomic E-state index is 15.1. The van der Waals surface area contributed by atoms with Gasteiger partial charge in [0.15, 0.2) is 0 Å². The van der Waals surface area contributed by atoms with Gasteiger partial charge in [-0.25, -0.2) is 13.6 Å². The Morgan fingerprint density at radius 3 is 2.51 bits per heavy atom. The lowest BCUT2D eigenvalue weighted by Crippen LogP contribution is -2.38. The van der Waals surface area contributed by atoms with Crippen molar-refractivity contribution in [3.05, 3.63) is 81.0 Å². The molecule has 1 N–H and O–H groups in total. The van der Waals surface area contributed by atoms with Crippen molar-refractivity contribution in [2.45, 2.75) is 52.4 Å². The third kappa shape index (κ3) is 4.64. The van der Waals surface area contributed by atoms with Gasteiger partial charge in [-0.15, -0.1) is 0 Å². The van der Waals surface area contributed by atoms with Crippen LogP contribution < -0.4 is 10.4 Å². The van der Waals surface area contributed by atoms with Crippen molar-refractivity contribution in [3.63, 3.8) is 0 Å². The van der Waals surface area contributed by atoms with Crippen LogP contribution in [0.25, 0.3) is 11.1 Å². The molecule has 2 aromatic carbocycles. The molecule has 11 heteroatoms. The van der Waals surface area contributed by atoms with Crippen LogP contribution in [0.15, 0.2) is 46.3 Å². The maximum absolute atomic E-state index is 15.1. The van der Waals surface area contributed by atoms with E-state index in [0.717, 1.165) is 39.4 Å². The molecular weight excluding hydrogens is 508 g/mol. The summed E-state index contributed by atoms with van der Waals surface area (Å²) in [5.74, 6) is -4.17. The first-order chi connectivity index (χ1) is 17.8. The fraction of sp³-hybridized carbons (Fsp3) is 0.385. The third-order valence-corrected chi connectivity index (χ3v) is 6.91. The highest BCUT2D eigenvalue weighted by Gasteiger charge is 2.51. The number of methoxy groups -OCH3 is 1. The Morgan fingerprint density at radius 2 is 1.89 bits per heavy atom. The summed E-state index contributed by atoms with van der Waals surface area (Å²) >= 11 is 1.16. The molecule has 0 radical (unpaired) electrons. The Balaban J connectivity index is 0.00000156. The van der Waals surface area contributed by atoms with Gasteiger partial charge in [0.05, 0.1) is 25.3 Å². The van der Waals surface area contributed by atoms with Crippen LogP contribution in [0.2, 0.25) is 0 Å². The summed E-state index contributed by atoms with van der Waals surface area (Å²) in [5, 5.41) is 0. The number of aromatic nitrogens is 2. The van der Waals surface area contributed by atoms with Gasteiger partial charge in [0.1, 0.15) is 29.2 Å². The predicted molar refractivity (Wildman–Crippen MR) is 137 cm³/mol. The lowest BCUT2D eigenvalue weighted by atomic mass is 9.92. The highest BCUT2D eigenvalue weighted by atomic mass is 32.2. The second-order valence-corrected chi connectivity index (χ2v) is 9.45. The summed E-state index contributed by atoms with van der Waals surface area (Å²) in [6, 6.07) is 5.68. The number of nitrogens with one attached hydrogen (secondary N) is 1. The van der Waals surface area contributed by atoms with Gasteiger partial charge >= 0.3 is 11.6 Å². The first kappa shape index (κ1) is 27.2. The van der Waals surface area contributed by atoms with E-state index in [-0.39, 0.29) is 36.7 Å². The van der Waals surface area contributed by atoms with Crippen LogP contribution in [0.5, 0.6) is 0 Å². The first-order valence-electron chi connectivity index (χ1n) is 12.0. The van der Waals surface area contributed by atoms with Crippen molar-refractivity contribution in [2.75, 3.05) is 12.9 Å². The highest BCUT2D eigenvalue weighted by molar-refractivity contribution is 7.97. The molecule has 2 aliphatic heterocycles. The molecule has 6 nitrogen and oxygen atoms in total. The number of nitrogens with zero attached hydrogens (tertiary/aromatic N) is 3. The average molecular weight is 537 g/mol. The maximum Gasteiger partial charge on any atom is 0.334 e. The number of hydrogen-bond donors (Lipinski definition) is 1. The van der Waals surface area contributed by atoms with Gasteiger partial charge in [-0.3, -0.25) is 18.8 Å². The lowest BCUT2D eigenvalue weighted by Gasteiger charge is -2.19. The Labute approximate surface area is 216 Å². The van der Waals surface area contributed by atoms with Crippen molar-refractivity contribution in [1.29, 1.82) is 0 Å². The van der Waals surface area contributed by atoms with Crippen LogP contribution in [-0.4, -0.2) is 33.9 Å². The van der Waals surface area contributed by atoms with Gasteiger partial charge in [-0.05, 0) is 34.9 Å². The minimum absolute atomic E-state index is 0.0803. The quantitative estimate of drug-likeness (QED) is 0.343. The van der Waals surface area contributed by atoms with Crippen molar-refractivity contribution in [1.82, 2.24) is 13.9 Å². The molecule has 0 fully saturated rings. The number of hydrogen-bond acceptors (Lipinski definition) is 5. The SMILES string of the molecule is CC.CCSN[C@@H]1Cn2c(cn(C3=NCc4cc(COC)cc(-c5c(F)cccc5F)c43)c2=O)C1(F)F. The Hall–Kier alpha value is -2.89. The van der Waals surface area contributed by atoms with E-state index in [2.05, 4.69) is 9.71 Å². The highest BCUT2D eigenvalue weighted by Crippen LogP contribution is 2.39. The molecule has 0 bridgehead atoms. The predicted octanol–water partition coefficient (Wildman–Crippen LogP) is 5.31. The number of imidazole rings is 1. The first-order valence-corrected chi connectivity index (χ1v) is 13.0. The molecule has 3 heterocycles. The van der Waals surface area contributed by atoms with Gasteiger partial charge in [0.25, 0.3) is 0 Å². The van der Waals surface area contributed by atoms with Crippen LogP contribution in [0, 0.1) is 11.6 Å². The number of halogens is 4. The van der Waals surface area contributed by atoms with Crippen LogP contribution in [-0.2, 0) is 30.4 Å². The molecule has 198 valence electrons. The minimum atomic E-state index is -3.28. The zero-order valence-electron chi connectivity index (χ0n) is 20.9. The summed E-state index contributed by atoms with van der Waals surface area (Å²) in [5.41, 5.74) is 0.421. The summed E-state index contributed by atoms with van der Waals surface area (Å²) in [4.78, 5) is 17.7. The van der Waals surface area contributed by atoms with Crippen molar-refractivity contribution in [3.8, 4) is 11.1 Å². The Morgan fingerprint density at radius 1 is 1.19 bits per heavy atom. The van der Waals surface area contributed by atoms with E-state index in [1.54, 1.807) is 12.1 Å². The molecular formula is C26H28F4N4O2S. The van der Waals surface area contributed by atoms with E-state index < -0.39 is 35.0 Å². The van der Waals surface area contributed by atoms with E-state index in [0.29, 0.717) is 22.4 Å². The van der Waals surface area contributed by atoms with E-state index in [1.165, 1.54) is 13.2 Å². The Kier molecular flexibility index (Phi) is 7.96. The zero-order chi connectivity index (χ0) is 26.9. The molecule has 2 aliphatic rings. The number of ether oxygens (including phenoxy) is 1. The van der Waals surface area contributed by atoms with Crippen LogP contribution in [0.4, 0.5) is 17.6 Å². The van der Waals surface area contributed by atoms with E-state index in [4.69, 9.17) is 4.74 Å². The average Bonchev–Trinajstić information content (AvgIpc) is 3.51. The van der Waals surface area contributed by atoms with E-state index >= 15 is 8.78 Å². The molecule has 37 heavy (non-hydrogen) atoms. The summed E-state index contributed by atoms with van der Waals surface area (Å²) in [6.45, 7) is 5.96. The van der Waals surface area contributed by atoms with Crippen LogP contribution in [0.1, 0.15) is 43.2 Å². The largest absolute Gasteiger partial charge is 0.380 e. The Bertz CT molecular complexity index is 1380. The third-order valence-electron chi connectivity index (χ3n) is 6.17. The van der Waals surface area contributed by atoms with Crippen LogP contribution >= 0.6 is 11.9 Å².